The van der Waals surface area contributed by atoms with E-state index in [-0.39, 0.29) is 0 Å². The van der Waals surface area contributed by atoms with Crippen molar-refractivity contribution < 1.29 is 9.47 Å². The minimum Gasteiger partial charge on any atom is -0.478 e. The van der Waals surface area contributed by atoms with Crippen LogP contribution in [-0.2, 0) is 6.54 Å². The van der Waals surface area contributed by atoms with Crippen molar-refractivity contribution in [3.8, 4) is 17.6 Å². The minimum absolute atomic E-state index is 0.294. The van der Waals surface area contributed by atoms with E-state index in [2.05, 4.69) is 15.3 Å². The average Bonchev–Trinajstić information content (AvgIpc) is 2.48. The molecule has 1 heterocycles. The summed E-state index contributed by atoms with van der Waals surface area (Å²) in [6.07, 6.45) is 2.57. The average molecular weight is 273 g/mol. The molecule has 20 heavy (non-hydrogen) atoms. The number of hydrogen-bond donors (Lipinski definition) is 1. The first-order chi connectivity index (χ1) is 9.83. The highest BCUT2D eigenvalue weighted by atomic mass is 16.5. The second-order valence-electron chi connectivity index (χ2n) is 4.27. The molecule has 0 spiro atoms. The Morgan fingerprint density at radius 1 is 1.20 bits per heavy atom. The molecule has 0 aliphatic rings. The molecule has 0 bridgehead atoms. The lowest BCUT2D eigenvalue weighted by Crippen LogP contribution is -2.06. The number of nitrogens with zero attached hydrogens (tertiary/aromatic N) is 2. The second-order valence-corrected chi connectivity index (χ2v) is 4.27. The SMILES string of the molecule is CCCOc1ccnc(Oc2ccccc2CNC)n1. The molecule has 5 heteroatoms. The van der Waals surface area contributed by atoms with Crippen LogP contribution in [0.2, 0.25) is 0 Å². The van der Waals surface area contributed by atoms with E-state index in [1.54, 1.807) is 12.3 Å². The van der Waals surface area contributed by atoms with Gasteiger partial charge in [-0.15, -0.1) is 0 Å². The van der Waals surface area contributed by atoms with Gasteiger partial charge in [-0.25, -0.2) is 4.98 Å². The molecule has 0 amide bonds. The lowest BCUT2D eigenvalue weighted by molar-refractivity contribution is 0.298. The summed E-state index contributed by atoms with van der Waals surface area (Å²) in [5.74, 6) is 1.28. The van der Waals surface area contributed by atoms with Gasteiger partial charge in [0, 0.05) is 24.4 Å². The maximum atomic E-state index is 5.74. The van der Waals surface area contributed by atoms with Gasteiger partial charge in [0.25, 0.3) is 0 Å². The van der Waals surface area contributed by atoms with E-state index in [9.17, 15) is 0 Å². The normalized spacial score (nSPS) is 10.3. The van der Waals surface area contributed by atoms with E-state index in [4.69, 9.17) is 9.47 Å². The summed E-state index contributed by atoms with van der Waals surface area (Å²) in [5, 5.41) is 3.10. The predicted molar refractivity (Wildman–Crippen MR) is 77.1 cm³/mol. The van der Waals surface area contributed by atoms with Crippen molar-refractivity contribution >= 4 is 0 Å². The molecule has 0 aliphatic heterocycles. The van der Waals surface area contributed by atoms with Crippen LogP contribution in [0.15, 0.2) is 36.5 Å². The highest BCUT2D eigenvalue weighted by molar-refractivity contribution is 5.35. The van der Waals surface area contributed by atoms with Crippen LogP contribution < -0.4 is 14.8 Å². The molecule has 1 aromatic heterocycles. The highest BCUT2D eigenvalue weighted by Crippen LogP contribution is 2.23. The summed E-state index contributed by atoms with van der Waals surface area (Å²) in [6.45, 7) is 3.40. The zero-order valence-electron chi connectivity index (χ0n) is 11.8. The van der Waals surface area contributed by atoms with Gasteiger partial charge in [-0.05, 0) is 19.5 Å². The fourth-order valence-corrected chi connectivity index (χ4v) is 1.70. The fourth-order valence-electron chi connectivity index (χ4n) is 1.70. The zero-order valence-corrected chi connectivity index (χ0v) is 11.8. The van der Waals surface area contributed by atoms with Gasteiger partial charge in [-0.2, -0.15) is 4.98 Å². The molecule has 1 N–H and O–H groups in total. The Hall–Kier alpha value is -2.14. The first-order valence-corrected chi connectivity index (χ1v) is 6.69. The van der Waals surface area contributed by atoms with Gasteiger partial charge in [0.05, 0.1) is 6.61 Å². The molecule has 0 fully saturated rings. The first-order valence-electron chi connectivity index (χ1n) is 6.69. The van der Waals surface area contributed by atoms with Crippen molar-refractivity contribution in [2.24, 2.45) is 0 Å². The van der Waals surface area contributed by atoms with Crippen LogP contribution in [0.3, 0.4) is 0 Å². The number of ether oxygens (including phenoxy) is 2. The Kier molecular flexibility index (Phi) is 5.32. The third-order valence-electron chi connectivity index (χ3n) is 2.60. The van der Waals surface area contributed by atoms with Crippen molar-refractivity contribution in [3.63, 3.8) is 0 Å². The molecule has 5 nitrogen and oxygen atoms in total. The molecule has 0 saturated carbocycles. The van der Waals surface area contributed by atoms with E-state index in [1.807, 2.05) is 38.2 Å². The van der Waals surface area contributed by atoms with Gasteiger partial charge in [-0.3, -0.25) is 0 Å². The van der Waals surface area contributed by atoms with E-state index in [0.29, 0.717) is 18.5 Å². The maximum Gasteiger partial charge on any atom is 0.325 e. The van der Waals surface area contributed by atoms with Crippen molar-refractivity contribution in [1.82, 2.24) is 15.3 Å². The van der Waals surface area contributed by atoms with Gasteiger partial charge in [0.15, 0.2) is 0 Å². The van der Waals surface area contributed by atoms with Crippen LogP contribution in [0.4, 0.5) is 0 Å². The van der Waals surface area contributed by atoms with Gasteiger partial charge in [-0.1, -0.05) is 25.1 Å². The van der Waals surface area contributed by atoms with Crippen LogP contribution in [0.1, 0.15) is 18.9 Å². The summed E-state index contributed by atoms with van der Waals surface area (Å²) in [6, 6.07) is 9.82. The monoisotopic (exact) mass is 273 g/mol. The Morgan fingerprint density at radius 2 is 2.05 bits per heavy atom. The zero-order chi connectivity index (χ0) is 14.2. The molecular weight excluding hydrogens is 254 g/mol. The molecule has 2 rings (SSSR count). The molecule has 1 aromatic carbocycles. The van der Waals surface area contributed by atoms with E-state index in [0.717, 1.165) is 24.3 Å². The largest absolute Gasteiger partial charge is 0.478 e. The van der Waals surface area contributed by atoms with Gasteiger partial charge in [0.1, 0.15) is 5.75 Å². The molecule has 0 radical (unpaired) electrons. The van der Waals surface area contributed by atoms with Crippen LogP contribution in [0.25, 0.3) is 0 Å². The number of hydrogen-bond acceptors (Lipinski definition) is 5. The topological polar surface area (TPSA) is 56.3 Å². The molecule has 0 saturated heterocycles. The number of para-hydroxylation sites is 1. The smallest absolute Gasteiger partial charge is 0.325 e. The summed E-state index contributed by atoms with van der Waals surface area (Å²) >= 11 is 0. The molecular formula is C15H19N3O2. The van der Waals surface area contributed by atoms with Crippen LogP contribution >= 0.6 is 0 Å². The van der Waals surface area contributed by atoms with Crippen molar-refractivity contribution in [3.05, 3.63) is 42.1 Å². The molecule has 2 aromatic rings. The summed E-state index contributed by atoms with van der Waals surface area (Å²) in [5.41, 5.74) is 1.05. The molecule has 0 aliphatic carbocycles. The third-order valence-corrected chi connectivity index (χ3v) is 2.60. The standard InChI is InChI=1S/C15H19N3O2/c1-3-10-19-14-8-9-17-15(18-14)20-13-7-5-4-6-12(13)11-16-2/h4-9,16H,3,10-11H2,1-2H3. The Morgan fingerprint density at radius 3 is 2.85 bits per heavy atom. The fraction of sp³-hybridized carbons (Fsp3) is 0.333. The van der Waals surface area contributed by atoms with Crippen molar-refractivity contribution in [2.75, 3.05) is 13.7 Å². The number of benzene rings is 1. The number of rotatable bonds is 7. The van der Waals surface area contributed by atoms with E-state index in [1.165, 1.54) is 0 Å². The Bertz CT molecular complexity index is 546. The summed E-state index contributed by atoms with van der Waals surface area (Å²) < 4.78 is 11.2. The molecule has 0 unspecified atom stereocenters. The van der Waals surface area contributed by atoms with Gasteiger partial charge in [0.2, 0.25) is 5.88 Å². The quantitative estimate of drug-likeness (QED) is 0.840. The lowest BCUT2D eigenvalue weighted by Gasteiger charge is -2.10. The Balaban J connectivity index is 2.13. The second kappa shape index (κ2) is 7.45. The number of aromatic nitrogens is 2. The first kappa shape index (κ1) is 14.3. The highest BCUT2D eigenvalue weighted by Gasteiger charge is 2.06. The summed E-state index contributed by atoms with van der Waals surface area (Å²) in [4.78, 5) is 8.34. The van der Waals surface area contributed by atoms with E-state index < -0.39 is 0 Å². The minimum atomic E-state index is 0.294. The van der Waals surface area contributed by atoms with Gasteiger partial charge < -0.3 is 14.8 Å². The van der Waals surface area contributed by atoms with Crippen molar-refractivity contribution in [2.45, 2.75) is 19.9 Å². The van der Waals surface area contributed by atoms with Gasteiger partial charge >= 0.3 is 6.01 Å². The van der Waals surface area contributed by atoms with Crippen LogP contribution in [0.5, 0.6) is 17.6 Å². The predicted octanol–water partition coefficient (Wildman–Crippen LogP) is 2.78. The molecule has 0 atom stereocenters. The third kappa shape index (κ3) is 3.93. The maximum absolute atomic E-state index is 5.74. The lowest BCUT2D eigenvalue weighted by atomic mass is 10.2. The van der Waals surface area contributed by atoms with Crippen LogP contribution in [-0.4, -0.2) is 23.6 Å². The van der Waals surface area contributed by atoms with Crippen molar-refractivity contribution in [1.29, 1.82) is 0 Å². The Labute approximate surface area is 119 Å². The summed E-state index contributed by atoms with van der Waals surface area (Å²) in [7, 11) is 1.90. The number of nitrogens with one attached hydrogen (secondary N) is 1. The van der Waals surface area contributed by atoms with Crippen LogP contribution in [0, 0.1) is 0 Å². The van der Waals surface area contributed by atoms with E-state index >= 15 is 0 Å². The molecule has 106 valence electrons.